The van der Waals surface area contributed by atoms with Crippen molar-refractivity contribution in [3.63, 3.8) is 0 Å². The zero-order chi connectivity index (χ0) is 22.1. The van der Waals surface area contributed by atoms with Crippen LogP contribution in [-0.4, -0.2) is 17.5 Å². The summed E-state index contributed by atoms with van der Waals surface area (Å²) in [6.07, 6.45) is 15.3. The molecule has 10 atom stereocenters. The molecule has 1 N–H and O–H groups in total. The van der Waals surface area contributed by atoms with Gasteiger partial charge in [-0.05, 0) is 116 Å². The van der Waals surface area contributed by atoms with E-state index < -0.39 is 5.79 Å². The molecule has 1 heterocycles. The highest BCUT2D eigenvalue weighted by atomic mass is 16.6. The van der Waals surface area contributed by atoms with Crippen LogP contribution < -0.4 is 0 Å². The lowest BCUT2D eigenvalue weighted by atomic mass is 9.32. The van der Waals surface area contributed by atoms with Crippen molar-refractivity contribution in [1.29, 1.82) is 0 Å². The first-order valence-electron chi connectivity index (χ1n) is 13.8. The third kappa shape index (κ3) is 2.38. The van der Waals surface area contributed by atoms with Gasteiger partial charge >= 0.3 is 0 Å². The molecule has 0 unspecified atom stereocenters. The smallest absolute Gasteiger partial charge is 0.165 e. The second-order valence-electron chi connectivity index (χ2n) is 14.8. The first kappa shape index (κ1) is 21.5. The number of aliphatic hydroxyl groups is 1. The second kappa shape index (κ2) is 6.12. The standard InChI is InChI=1S/C29H48O2/c1-24(2)13-7-14-25(3)21(24)12-16-26(4)22(25)8-9-23-27(26,5)15-10-20-19-11-17-29(20,23)18-31-28(19,6)30/h19-23,30H,7-18H2,1-6H3/t19-,20-,21-,22+,23-,25-,26+,27+,28-,29+/m0/s1. The first-order chi connectivity index (χ1) is 14.4. The molecule has 2 nitrogen and oxygen atoms in total. The molecule has 5 aliphatic carbocycles. The van der Waals surface area contributed by atoms with Gasteiger partial charge in [0.15, 0.2) is 5.79 Å². The molecule has 0 spiro atoms. The molecule has 2 heteroatoms. The van der Waals surface area contributed by atoms with Crippen molar-refractivity contribution in [2.24, 2.45) is 56.7 Å². The van der Waals surface area contributed by atoms with Crippen LogP contribution in [0.5, 0.6) is 0 Å². The fraction of sp³-hybridized carbons (Fsp3) is 1.00. The van der Waals surface area contributed by atoms with Crippen molar-refractivity contribution in [3.05, 3.63) is 0 Å². The molecule has 0 amide bonds. The van der Waals surface area contributed by atoms with Gasteiger partial charge < -0.3 is 9.84 Å². The molecule has 5 saturated carbocycles. The van der Waals surface area contributed by atoms with E-state index in [2.05, 4.69) is 34.6 Å². The van der Waals surface area contributed by atoms with Crippen LogP contribution in [0.2, 0.25) is 0 Å². The molecule has 0 aromatic heterocycles. The highest BCUT2D eigenvalue weighted by Crippen LogP contribution is 2.78. The van der Waals surface area contributed by atoms with Crippen LogP contribution in [-0.2, 0) is 4.74 Å². The van der Waals surface area contributed by atoms with Gasteiger partial charge in [0.05, 0.1) is 6.61 Å². The lowest BCUT2D eigenvalue weighted by Crippen LogP contribution is -2.68. The predicted molar refractivity (Wildman–Crippen MR) is 125 cm³/mol. The maximum atomic E-state index is 11.0. The molecule has 176 valence electrons. The molecule has 1 saturated heterocycles. The van der Waals surface area contributed by atoms with Crippen molar-refractivity contribution in [2.45, 2.75) is 118 Å². The van der Waals surface area contributed by atoms with Crippen LogP contribution in [0.25, 0.3) is 0 Å². The highest BCUT2D eigenvalue weighted by molar-refractivity contribution is 5.20. The number of hydrogen-bond donors (Lipinski definition) is 1. The average Bonchev–Trinajstić information content (AvgIpc) is 3.00. The highest BCUT2D eigenvalue weighted by Gasteiger charge is 2.73. The van der Waals surface area contributed by atoms with Crippen molar-refractivity contribution in [2.75, 3.05) is 6.61 Å². The molecule has 6 aliphatic rings. The third-order valence-corrected chi connectivity index (χ3v) is 13.7. The lowest BCUT2D eigenvalue weighted by Gasteiger charge is -2.73. The van der Waals surface area contributed by atoms with Gasteiger partial charge in [-0.15, -0.1) is 0 Å². The summed E-state index contributed by atoms with van der Waals surface area (Å²) in [5.74, 6) is 2.75. The van der Waals surface area contributed by atoms with Gasteiger partial charge in [-0.2, -0.15) is 0 Å². The van der Waals surface area contributed by atoms with Crippen molar-refractivity contribution in [1.82, 2.24) is 0 Å². The van der Waals surface area contributed by atoms with Crippen LogP contribution in [0, 0.1) is 56.7 Å². The Morgan fingerprint density at radius 1 is 0.645 bits per heavy atom. The summed E-state index contributed by atoms with van der Waals surface area (Å²) in [7, 11) is 0. The summed E-state index contributed by atoms with van der Waals surface area (Å²) in [6.45, 7) is 16.1. The molecule has 1 aliphatic heterocycles. The zero-order valence-corrected chi connectivity index (χ0v) is 21.2. The number of hydrogen-bond acceptors (Lipinski definition) is 2. The van der Waals surface area contributed by atoms with Crippen LogP contribution >= 0.6 is 0 Å². The van der Waals surface area contributed by atoms with Gasteiger partial charge in [-0.25, -0.2) is 0 Å². The molecular formula is C29H48O2. The maximum Gasteiger partial charge on any atom is 0.165 e. The van der Waals surface area contributed by atoms with Gasteiger partial charge in [-0.3, -0.25) is 0 Å². The van der Waals surface area contributed by atoms with E-state index in [4.69, 9.17) is 4.74 Å². The maximum absolute atomic E-state index is 11.0. The number of fused-ring (bicyclic) bond motifs is 5. The fourth-order valence-corrected chi connectivity index (χ4v) is 12.3. The quantitative estimate of drug-likeness (QED) is 0.442. The fourth-order valence-electron chi connectivity index (χ4n) is 12.3. The van der Waals surface area contributed by atoms with E-state index in [-0.39, 0.29) is 0 Å². The Hall–Kier alpha value is -0.0800. The average molecular weight is 429 g/mol. The largest absolute Gasteiger partial charge is 0.365 e. The monoisotopic (exact) mass is 428 g/mol. The second-order valence-corrected chi connectivity index (χ2v) is 14.8. The minimum absolute atomic E-state index is 0.345. The summed E-state index contributed by atoms with van der Waals surface area (Å²) >= 11 is 0. The summed E-state index contributed by atoms with van der Waals surface area (Å²) in [5, 5.41) is 11.0. The Balaban J connectivity index is 1.39. The normalized spacial score (nSPS) is 62.2. The third-order valence-electron chi connectivity index (χ3n) is 13.7. The predicted octanol–water partition coefficient (Wildman–Crippen LogP) is 7.20. The molecule has 2 bridgehead atoms. The van der Waals surface area contributed by atoms with Crippen molar-refractivity contribution in [3.8, 4) is 0 Å². The van der Waals surface area contributed by atoms with E-state index in [0.717, 1.165) is 24.4 Å². The number of ether oxygens (including phenoxy) is 1. The molecular weight excluding hydrogens is 380 g/mol. The molecule has 0 radical (unpaired) electrons. The molecule has 6 fully saturated rings. The van der Waals surface area contributed by atoms with Gasteiger partial charge in [0.2, 0.25) is 0 Å². The van der Waals surface area contributed by atoms with E-state index in [1.807, 2.05) is 6.92 Å². The van der Waals surface area contributed by atoms with E-state index in [1.165, 1.54) is 70.6 Å². The SMILES string of the molecule is CC1(C)CCC[C@]2(C)[C@H]3CC[C@@H]4[C@@]56CC[C@@H]([C@@H]5CC[C@@]4(C)[C@]3(C)CC[C@@H]12)[C@@](C)(O)OC6. The Morgan fingerprint density at radius 3 is 2.06 bits per heavy atom. The van der Waals surface area contributed by atoms with E-state index in [0.29, 0.717) is 38.9 Å². The Morgan fingerprint density at radius 2 is 1.29 bits per heavy atom. The molecule has 6 rings (SSSR count). The summed E-state index contributed by atoms with van der Waals surface area (Å²) in [5.41, 5.74) is 2.29. The van der Waals surface area contributed by atoms with E-state index >= 15 is 0 Å². The Bertz CT molecular complexity index is 771. The molecule has 31 heavy (non-hydrogen) atoms. The lowest BCUT2D eigenvalue weighted by molar-refractivity contribution is -0.316. The molecule has 0 aromatic rings. The van der Waals surface area contributed by atoms with Crippen molar-refractivity contribution >= 4 is 0 Å². The van der Waals surface area contributed by atoms with Crippen LogP contribution in [0.15, 0.2) is 0 Å². The minimum atomic E-state index is -0.890. The van der Waals surface area contributed by atoms with Gasteiger partial charge in [0.1, 0.15) is 0 Å². The summed E-state index contributed by atoms with van der Waals surface area (Å²) < 4.78 is 6.26. The zero-order valence-electron chi connectivity index (χ0n) is 21.2. The Kier molecular flexibility index (Phi) is 4.24. The minimum Gasteiger partial charge on any atom is -0.365 e. The van der Waals surface area contributed by atoms with Gasteiger partial charge in [-0.1, -0.05) is 41.0 Å². The van der Waals surface area contributed by atoms with Crippen molar-refractivity contribution < 1.29 is 9.84 Å². The van der Waals surface area contributed by atoms with Gasteiger partial charge in [0, 0.05) is 11.3 Å². The van der Waals surface area contributed by atoms with E-state index in [9.17, 15) is 5.11 Å². The van der Waals surface area contributed by atoms with E-state index in [1.54, 1.807) is 0 Å². The van der Waals surface area contributed by atoms with Crippen LogP contribution in [0.1, 0.15) is 112 Å². The summed E-state index contributed by atoms with van der Waals surface area (Å²) in [4.78, 5) is 0. The van der Waals surface area contributed by atoms with Gasteiger partial charge in [0.25, 0.3) is 0 Å². The van der Waals surface area contributed by atoms with Crippen LogP contribution in [0.3, 0.4) is 0 Å². The Labute approximate surface area is 191 Å². The first-order valence-corrected chi connectivity index (χ1v) is 13.8. The molecule has 0 aromatic carbocycles. The summed E-state index contributed by atoms with van der Waals surface area (Å²) in [6, 6.07) is 0. The van der Waals surface area contributed by atoms with Crippen LogP contribution in [0.4, 0.5) is 0 Å². The number of rotatable bonds is 0. The topological polar surface area (TPSA) is 29.5 Å².